The summed E-state index contributed by atoms with van der Waals surface area (Å²) in [7, 11) is 0. The highest BCUT2D eigenvalue weighted by atomic mass is 19.4. The van der Waals surface area contributed by atoms with Crippen molar-refractivity contribution in [3.63, 3.8) is 0 Å². The molecule has 2 aromatic heterocycles. The molecule has 0 aliphatic rings. The van der Waals surface area contributed by atoms with Crippen molar-refractivity contribution in [2.75, 3.05) is 0 Å². The van der Waals surface area contributed by atoms with Crippen LogP contribution in [0.1, 0.15) is 35.4 Å². The van der Waals surface area contributed by atoms with Gasteiger partial charge in [-0.25, -0.2) is 9.97 Å². The van der Waals surface area contributed by atoms with E-state index in [4.69, 9.17) is 0 Å². The summed E-state index contributed by atoms with van der Waals surface area (Å²) in [4.78, 5) is 22.5. The molecule has 2 heterocycles. The molecule has 0 aliphatic carbocycles. The van der Waals surface area contributed by atoms with Crippen molar-refractivity contribution in [3.8, 4) is 11.5 Å². The van der Waals surface area contributed by atoms with Crippen LogP contribution in [0.2, 0.25) is 0 Å². The Labute approximate surface area is 140 Å². The monoisotopic (exact) mass is 349 g/mol. The molecule has 0 amide bonds. The minimum absolute atomic E-state index is 0.261. The number of benzene rings is 1. The Morgan fingerprint density at radius 3 is 2.48 bits per heavy atom. The van der Waals surface area contributed by atoms with Crippen molar-refractivity contribution in [1.82, 2.24) is 25.1 Å². The summed E-state index contributed by atoms with van der Waals surface area (Å²) >= 11 is 0. The molecule has 3 rings (SSSR count). The van der Waals surface area contributed by atoms with E-state index in [1.807, 2.05) is 0 Å². The second-order valence-electron chi connectivity index (χ2n) is 5.59. The van der Waals surface area contributed by atoms with Crippen LogP contribution < -0.4 is 5.56 Å². The summed E-state index contributed by atoms with van der Waals surface area (Å²) in [6.07, 6.45) is -3.11. The van der Waals surface area contributed by atoms with Gasteiger partial charge in [0.25, 0.3) is 5.56 Å². The maximum atomic E-state index is 12.6. The Kier molecular flexibility index (Phi) is 4.15. The van der Waals surface area contributed by atoms with Crippen LogP contribution >= 0.6 is 0 Å². The van der Waals surface area contributed by atoms with Gasteiger partial charge in [0, 0.05) is 11.5 Å². The molecule has 25 heavy (non-hydrogen) atoms. The molecule has 0 aliphatic heterocycles. The quantitative estimate of drug-likeness (QED) is 0.761. The van der Waals surface area contributed by atoms with Crippen LogP contribution in [0.15, 0.2) is 35.4 Å². The average Bonchev–Trinajstić information content (AvgIpc) is 3.06. The van der Waals surface area contributed by atoms with Crippen LogP contribution in [0.5, 0.6) is 0 Å². The number of hydrogen-bond donors (Lipinski definition) is 2. The lowest BCUT2D eigenvalue weighted by molar-refractivity contribution is -0.137. The van der Waals surface area contributed by atoms with Crippen LogP contribution in [-0.2, 0) is 6.18 Å². The second-order valence-corrected chi connectivity index (χ2v) is 5.59. The predicted molar refractivity (Wildman–Crippen MR) is 83.9 cm³/mol. The third-order valence-corrected chi connectivity index (χ3v) is 3.95. The Hall–Kier alpha value is -2.97. The summed E-state index contributed by atoms with van der Waals surface area (Å²) < 4.78 is 37.9. The lowest BCUT2D eigenvalue weighted by atomic mass is 9.99. The molecular weight excluding hydrogens is 335 g/mol. The number of rotatable bonds is 3. The highest BCUT2D eigenvalue weighted by molar-refractivity contribution is 5.52. The number of alkyl halides is 3. The summed E-state index contributed by atoms with van der Waals surface area (Å²) in [6, 6.07) is 4.88. The molecule has 0 fully saturated rings. The molecule has 2 N–H and O–H groups in total. The number of hydrogen-bond acceptors (Lipinski definition) is 4. The average molecular weight is 349 g/mol. The van der Waals surface area contributed by atoms with Gasteiger partial charge in [-0.1, -0.05) is 19.1 Å². The van der Waals surface area contributed by atoms with Gasteiger partial charge in [0.05, 0.1) is 11.9 Å². The fourth-order valence-electron chi connectivity index (χ4n) is 2.39. The normalized spacial score (nSPS) is 13.0. The zero-order valence-corrected chi connectivity index (χ0v) is 13.3. The molecule has 0 saturated heterocycles. The maximum absolute atomic E-state index is 12.6. The first-order valence-corrected chi connectivity index (χ1v) is 7.41. The first-order chi connectivity index (χ1) is 11.8. The SMILES string of the molecule is Cc1c(-c2n[nH]c(C(C)c3ccc(C(F)(F)F)cc3)n2)nc[nH]c1=O. The van der Waals surface area contributed by atoms with Gasteiger partial charge >= 0.3 is 6.18 Å². The minimum Gasteiger partial charge on any atom is -0.313 e. The standard InChI is InChI=1S/C16H14F3N5O/c1-8(10-3-5-11(6-4-10)16(17,18)19)13-22-14(24-23-13)12-9(2)15(25)21-7-20-12/h3-8H,1-2H3,(H,20,21,25)(H,22,23,24). The minimum atomic E-state index is -4.37. The van der Waals surface area contributed by atoms with Gasteiger partial charge in [-0.3, -0.25) is 9.89 Å². The van der Waals surface area contributed by atoms with E-state index in [1.54, 1.807) is 13.8 Å². The van der Waals surface area contributed by atoms with Gasteiger partial charge in [-0.15, -0.1) is 0 Å². The summed E-state index contributed by atoms with van der Waals surface area (Å²) in [5, 5.41) is 6.82. The molecule has 0 bridgehead atoms. The zero-order valence-electron chi connectivity index (χ0n) is 13.3. The fraction of sp³-hybridized carbons (Fsp3) is 0.250. The number of aromatic nitrogens is 5. The van der Waals surface area contributed by atoms with Crippen LogP contribution in [0.4, 0.5) is 13.2 Å². The van der Waals surface area contributed by atoms with Crippen molar-refractivity contribution in [2.45, 2.75) is 25.9 Å². The second kappa shape index (κ2) is 6.15. The van der Waals surface area contributed by atoms with Gasteiger partial charge < -0.3 is 4.98 Å². The van der Waals surface area contributed by atoms with Crippen LogP contribution in [0.25, 0.3) is 11.5 Å². The van der Waals surface area contributed by atoms with Crippen molar-refractivity contribution >= 4 is 0 Å². The molecule has 1 atom stereocenters. The number of aromatic amines is 2. The van der Waals surface area contributed by atoms with Crippen molar-refractivity contribution in [3.05, 3.63) is 63.5 Å². The van der Waals surface area contributed by atoms with Gasteiger partial charge in [0.15, 0.2) is 5.82 Å². The van der Waals surface area contributed by atoms with E-state index >= 15 is 0 Å². The zero-order chi connectivity index (χ0) is 18.2. The third-order valence-electron chi connectivity index (χ3n) is 3.95. The van der Waals surface area contributed by atoms with Crippen LogP contribution in [0.3, 0.4) is 0 Å². The van der Waals surface area contributed by atoms with Crippen LogP contribution in [-0.4, -0.2) is 25.1 Å². The maximum Gasteiger partial charge on any atom is 0.416 e. The molecule has 0 radical (unpaired) electrons. The molecule has 0 spiro atoms. The lowest BCUT2D eigenvalue weighted by Gasteiger charge is -2.11. The van der Waals surface area contributed by atoms with E-state index < -0.39 is 11.7 Å². The van der Waals surface area contributed by atoms with Crippen molar-refractivity contribution in [1.29, 1.82) is 0 Å². The highest BCUT2D eigenvalue weighted by Crippen LogP contribution is 2.31. The number of nitrogens with one attached hydrogen (secondary N) is 2. The van der Waals surface area contributed by atoms with Gasteiger partial charge in [-0.2, -0.15) is 18.3 Å². The van der Waals surface area contributed by atoms with Gasteiger partial charge in [-0.05, 0) is 24.6 Å². The van der Waals surface area contributed by atoms with Gasteiger partial charge in [0.2, 0.25) is 0 Å². The van der Waals surface area contributed by atoms with E-state index in [-0.39, 0.29) is 17.3 Å². The molecule has 3 aromatic rings. The molecule has 1 aromatic carbocycles. The van der Waals surface area contributed by atoms with E-state index in [1.165, 1.54) is 18.5 Å². The number of nitrogens with zero attached hydrogens (tertiary/aromatic N) is 3. The van der Waals surface area contributed by atoms with Crippen LogP contribution in [0, 0.1) is 6.92 Å². The van der Waals surface area contributed by atoms with Crippen molar-refractivity contribution < 1.29 is 13.2 Å². The topological polar surface area (TPSA) is 87.3 Å². The van der Waals surface area contributed by atoms with Crippen molar-refractivity contribution in [2.24, 2.45) is 0 Å². The van der Waals surface area contributed by atoms with Gasteiger partial charge in [0.1, 0.15) is 11.5 Å². The largest absolute Gasteiger partial charge is 0.416 e. The van der Waals surface area contributed by atoms with E-state index in [9.17, 15) is 18.0 Å². The Morgan fingerprint density at radius 2 is 1.84 bits per heavy atom. The van der Waals surface area contributed by atoms with E-state index in [0.717, 1.165) is 12.1 Å². The molecule has 6 nitrogen and oxygen atoms in total. The third kappa shape index (κ3) is 3.30. The smallest absolute Gasteiger partial charge is 0.313 e. The summed E-state index contributed by atoms with van der Waals surface area (Å²) in [5.41, 5.74) is 0.407. The lowest BCUT2D eigenvalue weighted by Crippen LogP contribution is -2.11. The van der Waals surface area contributed by atoms with E-state index in [0.29, 0.717) is 22.6 Å². The Morgan fingerprint density at radius 1 is 1.16 bits per heavy atom. The molecule has 9 heteroatoms. The van der Waals surface area contributed by atoms with E-state index in [2.05, 4.69) is 25.1 Å². The summed E-state index contributed by atoms with van der Waals surface area (Å²) in [6.45, 7) is 3.40. The Bertz CT molecular complexity index is 943. The molecule has 1 unspecified atom stereocenters. The first kappa shape index (κ1) is 16.9. The first-order valence-electron chi connectivity index (χ1n) is 7.41. The highest BCUT2D eigenvalue weighted by Gasteiger charge is 2.30. The Balaban J connectivity index is 1.89. The fourth-order valence-corrected chi connectivity index (χ4v) is 2.39. The molecule has 130 valence electrons. The number of H-pyrrole nitrogens is 2. The predicted octanol–water partition coefficient (Wildman–Crippen LogP) is 3.03. The molecular formula is C16H14F3N5O. The summed E-state index contributed by atoms with van der Waals surface area (Å²) in [5.74, 6) is 0.430. The number of halogens is 3. The molecule has 0 saturated carbocycles.